The van der Waals surface area contributed by atoms with E-state index >= 15 is 0 Å². The molecule has 1 N–H and O–H groups in total. The third-order valence-corrected chi connectivity index (χ3v) is 3.34. The van der Waals surface area contributed by atoms with Crippen molar-refractivity contribution in [3.05, 3.63) is 48.5 Å². The van der Waals surface area contributed by atoms with E-state index in [1.165, 1.54) is 0 Å². The van der Waals surface area contributed by atoms with E-state index in [2.05, 4.69) is 12.2 Å². The van der Waals surface area contributed by atoms with Crippen molar-refractivity contribution in [3.63, 3.8) is 0 Å². The molecule has 5 nitrogen and oxygen atoms in total. The Hall–Kier alpha value is -2.69. The lowest BCUT2D eigenvalue weighted by atomic mass is 10.2. The van der Waals surface area contributed by atoms with Crippen molar-refractivity contribution >= 4 is 11.6 Å². The van der Waals surface area contributed by atoms with Crippen LogP contribution in [0, 0.1) is 0 Å². The predicted molar refractivity (Wildman–Crippen MR) is 93.9 cm³/mol. The minimum absolute atomic E-state index is 0.215. The zero-order valence-electron chi connectivity index (χ0n) is 14.2. The van der Waals surface area contributed by atoms with Crippen molar-refractivity contribution in [3.8, 4) is 17.2 Å². The summed E-state index contributed by atoms with van der Waals surface area (Å²) in [7, 11) is 1.60. The summed E-state index contributed by atoms with van der Waals surface area (Å²) in [5, 5.41) is 2.82. The van der Waals surface area contributed by atoms with Gasteiger partial charge in [-0.15, -0.1) is 0 Å². The molecule has 0 radical (unpaired) electrons. The molecular weight excluding hydrogens is 306 g/mol. The molecule has 24 heavy (non-hydrogen) atoms. The van der Waals surface area contributed by atoms with Crippen LogP contribution in [0.3, 0.4) is 0 Å². The van der Waals surface area contributed by atoms with Crippen molar-refractivity contribution in [1.82, 2.24) is 0 Å². The molecule has 5 heteroatoms. The van der Waals surface area contributed by atoms with Crippen LogP contribution in [0.4, 0.5) is 5.69 Å². The van der Waals surface area contributed by atoms with Gasteiger partial charge in [0.1, 0.15) is 17.2 Å². The highest BCUT2D eigenvalue weighted by molar-refractivity contribution is 5.94. The van der Waals surface area contributed by atoms with Gasteiger partial charge in [-0.3, -0.25) is 4.79 Å². The van der Waals surface area contributed by atoms with Crippen LogP contribution in [0.2, 0.25) is 0 Å². The maximum absolute atomic E-state index is 12.2. The first-order chi connectivity index (χ1) is 11.6. The van der Waals surface area contributed by atoms with Crippen LogP contribution in [0.25, 0.3) is 0 Å². The Morgan fingerprint density at radius 1 is 1.00 bits per heavy atom. The molecule has 0 aliphatic heterocycles. The molecule has 0 saturated carbocycles. The largest absolute Gasteiger partial charge is 0.497 e. The molecule has 0 aliphatic rings. The second-order valence-corrected chi connectivity index (χ2v) is 5.30. The number of carbonyl (C=O) groups excluding carboxylic acids is 1. The van der Waals surface area contributed by atoms with E-state index < -0.39 is 6.10 Å². The molecule has 1 amide bonds. The maximum atomic E-state index is 12.2. The van der Waals surface area contributed by atoms with Crippen molar-refractivity contribution in [1.29, 1.82) is 0 Å². The van der Waals surface area contributed by atoms with Crippen molar-refractivity contribution in [2.75, 3.05) is 19.0 Å². The van der Waals surface area contributed by atoms with E-state index in [-0.39, 0.29) is 5.91 Å². The fourth-order valence-corrected chi connectivity index (χ4v) is 2.01. The Morgan fingerprint density at radius 3 is 2.17 bits per heavy atom. The van der Waals surface area contributed by atoms with Crippen LogP contribution in [0.1, 0.15) is 20.3 Å². The Kier molecular flexibility index (Phi) is 6.49. The number of benzene rings is 2. The van der Waals surface area contributed by atoms with Crippen LogP contribution >= 0.6 is 0 Å². The molecule has 0 aliphatic carbocycles. The van der Waals surface area contributed by atoms with Crippen LogP contribution in [-0.4, -0.2) is 25.7 Å². The van der Waals surface area contributed by atoms with Crippen LogP contribution in [0.5, 0.6) is 17.2 Å². The summed E-state index contributed by atoms with van der Waals surface area (Å²) in [6.07, 6.45) is 0.341. The summed E-state index contributed by atoms with van der Waals surface area (Å²) < 4.78 is 16.2. The first-order valence-electron chi connectivity index (χ1n) is 7.96. The number of anilines is 1. The Balaban J connectivity index is 1.88. The molecule has 2 aromatic carbocycles. The molecule has 2 aromatic rings. The molecule has 1 atom stereocenters. The van der Waals surface area contributed by atoms with E-state index in [4.69, 9.17) is 14.2 Å². The van der Waals surface area contributed by atoms with Gasteiger partial charge in [0.05, 0.1) is 13.7 Å². The average molecular weight is 329 g/mol. The highest BCUT2D eigenvalue weighted by atomic mass is 16.5. The number of ether oxygens (including phenoxy) is 3. The lowest BCUT2D eigenvalue weighted by Crippen LogP contribution is -2.30. The van der Waals surface area contributed by atoms with Gasteiger partial charge in [0.2, 0.25) is 0 Å². The minimum Gasteiger partial charge on any atom is -0.497 e. The third kappa shape index (κ3) is 5.19. The molecule has 0 unspecified atom stereocenters. The highest BCUT2D eigenvalue weighted by Crippen LogP contribution is 2.19. The molecule has 128 valence electrons. The molecule has 0 saturated heterocycles. The number of amides is 1. The van der Waals surface area contributed by atoms with E-state index in [0.717, 1.165) is 17.9 Å². The lowest BCUT2D eigenvalue weighted by molar-refractivity contribution is -0.122. The second-order valence-electron chi connectivity index (χ2n) is 5.30. The molecule has 0 aromatic heterocycles. The molecule has 0 fully saturated rings. The quantitative estimate of drug-likeness (QED) is 0.798. The van der Waals surface area contributed by atoms with Gasteiger partial charge in [0.25, 0.3) is 5.91 Å². The number of methoxy groups -OCH3 is 1. The Morgan fingerprint density at radius 2 is 1.58 bits per heavy atom. The normalized spacial score (nSPS) is 11.5. The lowest BCUT2D eigenvalue weighted by Gasteiger charge is -2.15. The molecule has 0 spiro atoms. The number of hydrogen-bond donors (Lipinski definition) is 1. The van der Waals surface area contributed by atoms with E-state index in [0.29, 0.717) is 18.0 Å². The van der Waals surface area contributed by atoms with Gasteiger partial charge >= 0.3 is 0 Å². The maximum Gasteiger partial charge on any atom is 0.265 e. The Bertz CT molecular complexity index is 637. The highest BCUT2D eigenvalue weighted by Gasteiger charge is 2.15. The third-order valence-electron chi connectivity index (χ3n) is 3.34. The van der Waals surface area contributed by atoms with Crippen LogP contribution < -0.4 is 19.5 Å². The van der Waals surface area contributed by atoms with Crippen molar-refractivity contribution in [2.45, 2.75) is 26.4 Å². The predicted octanol–water partition coefficient (Wildman–Crippen LogP) is 3.89. The van der Waals surface area contributed by atoms with Gasteiger partial charge in [-0.2, -0.15) is 0 Å². The number of hydrogen-bond acceptors (Lipinski definition) is 4. The zero-order chi connectivity index (χ0) is 17.4. The van der Waals surface area contributed by atoms with Gasteiger partial charge in [0.15, 0.2) is 6.10 Å². The molecule has 2 rings (SSSR count). The first-order valence-corrected chi connectivity index (χ1v) is 7.96. The summed E-state index contributed by atoms with van der Waals surface area (Å²) in [6.45, 7) is 4.44. The SMILES string of the molecule is CCCOc1ccc(NC(=O)[C@@H](C)Oc2ccc(OC)cc2)cc1. The van der Waals surface area contributed by atoms with Gasteiger partial charge in [-0.25, -0.2) is 0 Å². The smallest absolute Gasteiger partial charge is 0.265 e. The van der Waals surface area contributed by atoms with E-state index in [1.807, 2.05) is 24.3 Å². The van der Waals surface area contributed by atoms with Crippen molar-refractivity contribution in [2.24, 2.45) is 0 Å². The van der Waals surface area contributed by atoms with Gasteiger partial charge in [-0.1, -0.05) is 6.92 Å². The topological polar surface area (TPSA) is 56.8 Å². The molecule has 0 bridgehead atoms. The number of carbonyl (C=O) groups is 1. The second kappa shape index (κ2) is 8.82. The minimum atomic E-state index is -0.616. The summed E-state index contributed by atoms with van der Waals surface area (Å²) >= 11 is 0. The summed E-state index contributed by atoms with van der Waals surface area (Å²) in [5.41, 5.74) is 0.703. The summed E-state index contributed by atoms with van der Waals surface area (Å²) in [6, 6.07) is 14.4. The van der Waals surface area contributed by atoms with Crippen LogP contribution in [0.15, 0.2) is 48.5 Å². The summed E-state index contributed by atoms with van der Waals surface area (Å²) in [4.78, 5) is 12.2. The van der Waals surface area contributed by atoms with E-state index in [1.54, 1.807) is 38.3 Å². The average Bonchev–Trinajstić information content (AvgIpc) is 2.61. The fourth-order valence-electron chi connectivity index (χ4n) is 2.01. The Labute approximate surface area is 142 Å². The standard InChI is InChI=1S/C19H23NO4/c1-4-13-23-17-7-5-15(6-8-17)20-19(21)14(2)24-18-11-9-16(22-3)10-12-18/h5-12,14H,4,13H2,1-3H3,(H,20,21)/t14-/m1/s1. The molecular formula is C19H23NO4. The van der Waals surface area contributed by atoms with E-state index in [9.17, 15) is 4.79 Å². The molecule has 0 heterocycles. The monoisotopic (exact) mass is 329 g/mol. The fraction of sp³-hybridized carbons (Fsp3) is 0.316. The zero-order valence-corrected chi connectivity index (χ0v) is 14.2. The number of rotatable bonds is 8. The number of nitrogens with one attached hydrogen (secondary N) is 1. The van der Waals surface area contributed by atoms with Gasteiger partial charge < -0.3 is 19.5 Å². The van der Waals surface area contributed by atoms with Crippen molar-refractivity contribution < 1.29 is 19.0 Å². The van der Waals surface area contributed by atoms with Gasteiger partial charge in [-0.05, 0) is 61.9 Å². The van der Waals surface area contributed by atoms with Gasteiger partial charge in [0, 0.05) is 5.69 Å². The first kappa shape index (κ1) is 17.7. The summed E-state index contributed by atoms with van der Waals surface area (Å²) in [5.74, 6) is 1.93. The van der Waals surface area contributed by atoms with Crippen LogP contribution in [-0.2, 0) is 4.79 Å².